The topological polar surface area (TPSA) is 72.9 Å². The van der Waals surface area contributed by atoms with Gasteiger partial charge in [-0.05, 0) is 31.3 Å². The predicted octanol–water partition coefficient (Wildman–Crippen LogP) is 0.759. The van der Waals surface area contributed by atoms with Crippen molar-refractivity contribution in [3.05, 3.63) is 24.3 Å². The number of hydrogen-bond donors (Lipinski definition) is 2. The fourth-order valence-corrected chi connectivity index (χ4v) is 2.63. The quantitative estimate of drug-likeness (QED) is 0.488. The van der Waals surface area contributed by atoms with Gasteiger partial charge in [0.1, 0.15) is 0 Å². The summed E-state index contributed by atoms with van der Waals surface area (Å²) in [5, 5.41) is 13.5. The maximum atomic E-state index is 12.3. The van der Waals surface area contributed by atoms with E-state index in [1.807, 2.05) is 7.05 Å². The van der Waals surface area contributed by atoms with Crippen LogP contribution in [-0.2, 0) is 9.59 Å². The van der Waals surface area contributed by atoms with Crippen LogP contribution in [0.2, 0.25) is 0 Å². The molecular weight excluding hydrogens is 296 g/mol. The van der Waals surface area contributed by atoms with E-state index in [1.54, 1.807) is 24.3 Å². The molecule has 7 nitrogen and oxygen atoms in total. The van der Waals surface area contributed by atoms with Crippen LogP contribution in [0.15, 0.2) is 24.3 Å². The summed E-state index contributed by atoms with van der Waals surface area (Å²) in [7, 11) is 4.11. The number of hydrogen-bond acceptors (Lipinski definition) is 4. The summed E-state index contributed by atoms with van der Waals surface area (Å²) in [5.41, 5.74) is 1.02. The second kappa shape index (κ2) is 7.08. The van der Waals surface area contributed by atoms with Crippen molar-refractivity contribution in [1.29, 1.82) is 0 Å². The van der Waals surface area contributed by atoms with Crippen LogP contribution in [0.5, 0.6) is 0 Å². The first kappa shape index (κ1) is 17.4. The van der Waals surface area contributed by atoms with E-state index in [-0.39, 0.29) is 18.4 Å². The minimum atomic E-state index is -0.329. The Hall–Kier alpha value is -1.96. The van der Waals surface area contributed by atoms with E-state index in [4.69, 9.17) is 0 Å². The van der Waals surface area contributed by atoms with Crippen LogP contribution >= 0.6 is 0 Å². The summed E-state index contributed by atoms with van der Waals surface area (Å²) in [6.45, 7) is 5.35. The molecule has 7 heteroatoms. The summed E-state index contributed by atoms with van der Waals surface area (Å²) in [4.78, 5) is 25.6. The molecule has 1 heterocycles. The molecule has 0 atom stereocenters. The summed E-state index contributed by atoms with van der Waals surface area (Å²) in [6, 6.07) is 6.51. The number of rotatable bonds is 4. The number of nitrogens with one attached hydrogen (secondary N) is 1. The zero-order chi connectivity index (χ0) is 17.0. The molecule has 1 aromatic rings. The molecule has 1 aliphatic rings. The first-order valence-corrected chi connectivity index (χ1v) is 7.71. The summed E-state index contributed by atoms with van der Waals surface area (Å²) in [5.74, 6) is -0.494. The van der Waals surface area contributed by atoms with Crippen molar-refractivity contribution in [2.75, 3.05) is 57.2 Å². The van der Waals surface area contributed by atoms with Crippen molar-refractivity contribution < 1.29 is 19.3 Å². The highest BCUT2D eigenvalue weighted by Gasteiger charge is 2.31. The van der Waals surface area contributed by atoms with Gasteiger partial charge in [0, 0.05) is 25.7 Å². The van der Waals surface area contributed by atoms with Gasteiger partial charge in [-0.25, -0.2) is 0 Å². The lowest BCUT2D eigenvalue weighted by atomic mass is 10.2. The molecule has 23 heavy (non-hydrogen) atoms. The average Bonchev–Trinajstić information content (AvgIpc) is 2.50. The summed E-state index contributed by atoms with van der Waals surface area (Å²) < 4.78 is 0.629. The molecule has 0 radical (unpaired) electrons. The van der Waals surface area contributed by atoms with Gasteiger partial charge in [0.05, 0.1) is 25.8 Å². The zero-order valence-electron chi connectivity index (χ0n) is 14.0. The molecule has 1 fully saturated rings. The second-order valence-corrected chi connectivity index (χ2v) is 6.46. The molecule has 0 unspecified atom stereocenters. The van der Waals surface area contributed by atoms with Gasteiger partial charge in [0.15, 0.2) is 6.54 Å². The fourth-order valence-electron chi connectivity index (χ4n) is 2.63. The lowest BCUT2D eigenvalue weighted by molar-refractivity contribution is -0.906. The van der Waals surface area contributed by atoms with Crippen molar-refractivity contribution in [3.8, 4) is 0 Å². The van der Waals surface area contributed by atoms with E-state index in [2.05, 4.69) is 17.3 Å². The maximum absolute atomic E-state index is 12.3. The number of quaternary nitrogens is 1. The number of nitrogens with zero attached hydrogens (tertiary/aromatic N) is 3. The van der Waals surface area contributed by atoms with Crippen LogP contribution in [0.4, 0.5) is 11.4 Å². The van der Waals surface area contributed by atoms with Crippen LogP contribution in [0.1, 0.15) is 6.92 Å². The number of carbonyl (C=O) groups excluding carboxylic acids is 2. The van der Waals surface area contributed by atoms with Crippen LogP contribution in [-0.4, -0.2) is 73.2 Å². The highest BCUT2D eigenvalue weighted by atomic mass is 16.5. The Bertz CT molecular complexity index is 565. The maximum Gasteiger partial charge on any atom is 0.305 e. The SMILES string of the molecule is CC(=O)Nc1ccc(N(O)C(=O)C[N+]2(C)CCN(C)CC2)cc1. The van der Waals surface area contributed by atoms with Gasteiger partial charge in [0.2, 0.25) is 5.91 Å². The standard InChI is InChI=1S/C16H24N4O3/c1-13(21)17-14-4-6-15(7-5-14)19(23)16(22)12-20(3)10-8-18(2)9-11-20/h4-7,23H,8-12H2,1-3H3/p+1. The molecule has 2 N–H and O–H groups in total. The Labute approximate surface area is 136 Å². The van der Waals surface area contributed by atoms with E-state index >= 15 is 0 Å². The molecule has 0 spiro atoms. The number of amides is 2. The lowest BCUT2D eigenvalue weighted by Gasteiger charge is -2.40. The third-order valence-electron chi connectivity index (χ3n) is 4.23. The molecule has 0 saturated carbocycles. The lowest BCUT2D eigenvalue weighted by Crippen LogP contribution is -2.59. The number of piperazine rings is 1. The van der Waals surface area contributed by atoms with Crippen LogP contribution in [0, 0.1) is 0 Å². The Balaban J connectivity index is 1.97. The Morgan fingerprint density at radius 2 is 1.83 bits per heavy atom. The molecule has 0 aromatic heterocycles. The molecule has 1 saturated heterocycles. The number of carbonyl (C=O) groups is 2. The fraction of sp³-hybridized carbons (Fsp3) is 0.500. The van der Waals surface area contributed by atoms with E-state index in [9.17, 15) is 14.8 Å². The van der Waals surface area contributed by atoms with Crippen molar-refractivity contribution in [3.63, 3.8) is 0 Å². The van der Waals surface area contributed by atoms with E-state index in [0.29, 0.717) is 20.9 Å². The minimum Gasteiger partial charge on any atom is -0.326 e. The van der Waals surface area contributed by atoms with E-state index in [0.717, 1.165) is 26.2 Å². The van der Waals surface area contributed by atoms with Gasteiger partial charge in [-0.15, -0.1) is 0 Å². The molecule has 2 amide bonds. The summed E-state index contributed by atoms with van der Waals surface area (Å²) in [6.07, 6.45) is 0. The first-order valence-electron chi connectivity index (χ1n) is 7.71. The van der Waals surface area contributed by atoms with Gasteiger partial charge in [0.25, 0.3) is 0 Å². The summed E-state index contributed by atoms with van der Waals surface area (Å²) >= 11 is 0. The molecule has 0 bridgehead atoms. The third-order valence-corrected chi connectivity index (χ3v) is 4.23. The number of hydroxylamine groups is 1. The van der Waals surface area contributed by atoms with Crippen molar-refractivity contribution in [2.24, 2.45) is 0 Å². The van der Waals surface area contributed by atoms with Crippen LogP contribution in [0.25, 0.3) is 0 Å². The van der Waals surface area contributed by atoms with E-state index in [1.165, 1.54) is 6.92 Å². The van der Waals surface area contributed by atoms with Crippen molar-refractivity contribution >= 4 is 23.2 Å². The predicted molar refractivity (Wildman–Crippen MR) is 88.3 cm³/mol. The molecule has 126 valence electrons. The monoisotopic (exact) mass is 321 g/mol. The Morgan fingerprint density at radius 1 is 1.26 bits per heavy atom. The normalized spacial score (nSPS) is 17.6. The molecule has 1 aliphatic heterocycles. The molecular formula is C16H25N4O3+. The second-order valence-electron chi connectivity index (χ2n) is 6.46. The largest absolute Gasteiger partial charge is 0.326 e. The smallest absolute Gasteiger partial charge is 0.305 e. The molecule has 0 aliphatic carbocycles. The van der Waals surface area contributed by atoms with Crippen LogP contribution in [0.3, 0.4) is 0 Å². The number of benzene rings is 1. The van der Waals surface area contributed by atoms with Crippen molar-refractivity contribution in [2.45, 2.75) is 6.92 Å². The van der Waals surface area contributed by atoms with Crippen molar-refractivity contribution in [1.82, 2.24) is 4.90 Å². The molecule has 1 aromatic carbocycles. The van der Waals surface area contributed by atoms with Crippen LogP contribution < -0.4 is 10.4 Å². The zero-order valence-corrected chi connectivity index (χ0v) is 14.0. The number of anilines is 2. The molecule has 2 rings (SSSR count). The highest BCUT2D eigenvalue weighted by Crippen LogP contribution is 2.18. The third kappa shape index (κ3) is 4.75. The first-order chi connectivity index (χ1) is 10.8. The highest BCUT2D eigenvalue weighted by molar-refractivity contribution is 5.93. The van der Waals surface area contributed by atoms with Gasteiger partial charge < -0.3 is 9.80 Å². The van der Waals surface area contributed by atoms with Gasteiger partial charge >= 0.3 is 5.91 Å². The van der Waals surface area contributed by atoms with Gasteiger partial charge in [-0.1, -0.05) is 0 Å². The Kier molecular flexibility index (Phi) is 5.35. The van der Waals surface area contributed by atoms with Gasteiger partial charge in [-0.2, -0.15) is 5.06 Å². The van der Waals surface area contributed by atoms with E-state index < -0.39 is 0 Å². The minimum absolute atomic E-state index is 0.165. The Morgan fingerprint density at radius 3 is 2.35 bits per heavy atom. The average molecular weight is 321 g/mol. The number of likely N-dealkylation sites (N-methyl/N-ethyl adjacent to an activating group) is 2. The van der Waals surface area contributed by atoms with Gasteiger partial charge in [-0.3, -0.25) is 19.7 Å².